The van der Waals surface area contributed by atoms with E-state index >= 15 is 0 Å². The van der Waals surface area contributed by atoms with Crippen molar-refractivity contribution in [2.24, 2.45) is 11.5 Å². The second-order valence-electron chi connectivity index (χ2n) is 16.2. The largest absolute Gasteiger partial charge is 0.504 e. The van der Waals surface area contributed by atoms with Crippen LogP contribution in [0.2, 0.25) is 5.02 Å². The molecule has 336 valence electrons. The minimum Gasteiger partial charge on any atom is -0.504 e. The number of benzene rings is 3. The normalized spacial score (nSPS) is 16.5. The topological polar surface area (TPSA) is 275 Å². The zero-order chi connectivity index (χ0) is 46.2. The minimum absolute atomic E-state index is 0.00671. The van der Waals surface area contributed by atoms with Gasteiger partial charge in [-0.05, 0) is 85.3 Å². The van der Waals surface area contributed by atoms with Gasteiger partial charge in [-0.25, -0.2) is 9.78 Å². The van der Waals surface area contributed by atoms with Crippen LogP contribution in [0, 0.1) is 0 Å². The predicted octanol–water partition coefficient (Wildman–Crippen LogP) is 3.67. The summed E-state index contributed by atoms with van der Waals surface area (Å²) in [5, 5.41) is 29.4. The molecule has 18 heteroatoms. The number of phenols is 1. The summed E-state index contributed by atoms with van der Waals surface area (Å²) in [6.45, 7) is 7.89. The molecule has 0 saturated heterocycles. The first-order chi connectivity index (χ1) is 29.8. The number of aliphatic carboxylic acids is 1. The number of nitrogen functional groups attached to an aromatic ring is 1. The van der Waals surface area contributed by atoms with Crippen LogP contribution in [0.25, 0.3) is 22.4 Å². The van der Waals surface area contributed by atoms with Gasteiger partial charge in [-0.15, -0.1) is 0 Å². The van der Waals surface area contributed by atoms with Crippen molar-refractivity contribution in [1.29, 1.82) is 0 Å². The van der Waals surface area contributed by atoms with Crippen LogP contribution in [-0.4, -0.2) is 102 Å². The molecular formula is C45H55ClN8O9. The summed E-state index contributed by atoms with van der Waals surface area (Å²) in [5.41, 5.74) is 20.8. The van der Waals surface area contributed by atoms with Gasteiger partial charge in [0.25, 0.3) is 5.91 Å². The van der Waals surface area contributed by atoms with Gasteiger partial charge in [-0.1, -0.05) is 62.7 Å². The standard InChI is InChI=1S/C45H55ClN8O9/c1-24-41(57)53-33(44(60)61)19-25-8-13-34(62-16-6-14-47)29(18-25)30-20-27(21-35(39(30)56)63-17-7-15-48)38(43(59)51-24)54(5)36(55)23-50-42(58)37-31(46)22-32(52-40(37)49)26-9-11-28(12-10-26)45(2,3)4/h8-13,18,20-22,24,33,38,56H,6-7,14-17,19,23,47-48H2,1-5H3,(H2,49,52)(H,50,58)(H,51,59)(H,53,57)(H,60,61)/t24-,33-,38-/m0/s1. The number of pyridine rings is 1. The van der Waals surface area contributed by atoms with E-state index < -0.39 is 54.3 Å². The Bertz CT molecular complexity index is 2330. The number of anilines is 1. The molecule has 0 radical (unpaired) electrons. The van der Waals surface area contributed by atoms with Gasteiger partial charge in [0.1, 0.15) is 35.3 Å². The maximum absolute atomic E-state index is 14.4. The first-order valence-electron chi connectivity index (χ1n) is 20.4. The van der Waals surface area contributed by atoms with Gasteiger partial charge < -0.3 is 57.7 Å². The number of nitrogens with two attached hydrogens (primary N) is 3. The van der Waals surface area contributed by atoms with Crippen LogP contribution in [0.1, 0.15) is 73.6 Å². The van der Waals surface area contributed by atoms with Gasteiger partial charge in [0.15, 0.2) is 11.5 Å². The number of nitrogens with one attached hydrogen (secondary N) is 3. The molecule has 0 spiro atoms. The molecule has 0 aliphatic carbocycles. The third kappa shape index (κ3) is 11.5. The number of rotatable bonds is 14. The highest BCUT2D eigenvalue weighted by Gasteiger charge is 2.34. The summed E-state index contributed by atoms with van der Waals surface area (Å²) in [6.07, 6.45) is 0.737. The Labute approximate surface area is 370 Å². The van der Waals surface area contributed by atoms with Gasteiger partial charge in [-0.2, -0.15) is 0 Å². The van der Waals surface area contributed by atoms with Crippen LogP contribution < -0.4 is 42.6 Å². The Morgan fingerprint density at radius 3 is 2.17 bits per heavy atom. The highest BCUT2D eigenvalue weighted by atomic mass is 35.5. The number of fused-ring (bicyclic) bond motifs is 5. The Hall–Kier alpha value is -6.43. The highest BCUT2D eigenvalue weighted by molar-refractivity contribution is 6.34. The zero-order valence-corrected chi connectivity index (χ0v) is 36.7. The molecule has 3 aromatic carbocycles. The lowest BCUT2D eigenvalue weighted by atomic mass is 9.86. The summed E-state index contributed by atoms with van der Waals surface area (Å²) in [7, 11) is 1.32. The van der Waals surface area contributed by atoms with Crippen molar-refractivity contribution in [2.45, 2.75) is 70.5 Å². The van der Waals surface area contributed by atoms with E-state index in [0.717, 1.165) is 16.0 Å². The number of hydrogen-bond acceptors (Lipinski definition) is 12. The molecule has 0 fully saturated rings. The number of carbonyl (C=O) groups is 5. The van der Waals surface area contributed by atoms with Gasteiger partial charge >= 0.3 is 5.97 Å². The number of aromatic nitrogens is 1. The number of ether oxygens (including phenoxy) is 2. The molecule has 11 N–H and O–H groups in total. The first kappa shape index (κ1) is 47.6. The van der Waals surface area contributed by atoms with Crippen LogP contribution in [0.3, 0.4) is 0 Å². The molecule has 3 atom stereocenters. The number of phenolic OH excluding ortho intramolecular Hbond substituents is 1. The maximum Gasteiger partial charge on any atom is 0.326 e. The maximum atomic E-state index is 14.4. The molecule has 2 heterocycles. The molecule has 1 aliphatic heterocycles. The number of likely N-dealkylation sites (N-methyl/N-ethyl adjacent to an activating group) is 1. The average molecular weight is 887 g/mol. The molecule has 4 aromatic rings. The molecule has 5 rings (SSSR count). The molecule has 0 saturated carbocycles. The van der Waals surface area contributed by atoms with Gasteiger partial charge in [0.05, 0.1) is 30.5 Å². The van der Waals surface area contributed by atoms with Crippen molar-refractivity contribution >= 4 is 47.0 Å². The van der Waals surface area contributed by atoms with E-state index in [0.29, 0.717) is 36.2 Å². The summed E-state index contributed by atoms with van der Waals surface area (Å²) >= 11 is 6.60. The lowest BCUT2D eigenvalue weighted by Crippen LogP contribution is -2.53. The van der Waals surface area contributed by atoms with E-state index in [1.807, 2.05) is 24.3 Å². The van der Waals surface area contributed by atoms with Crippen LogP contribution in [0.5, 0.6) is 17.2 Å². The van der Waals surface area contributed by atoms with E-state index in [1.165, 1.54) is 32.2 Å². The number of carbonyl (C=O) groups excluding carboxylic acids is 4. The number of hydrogen-bond donors (Lipinski definition) is 8. The Morgan fingerprint density at radius 1 is 0.921 bits per heavy atom. The van der Waals surface area contributed by atoms with Crippen molar-refractivity contribution < 1.29 is 43.7 Å². The van der Waals surface area contributed by atoms with Gasteiger partial charge in [0, 0.05) is 30.2 Å². The Balaban J connectivity index is 1.54. The van der Waals surface area contributed by atoms with E-state index in [1.54, 1.807) is 18.2 Å². The van der Waals surface area contributed by atoms with E-state index in [4.69, 9.17) is 38.3 Å². The summed E-state index contributed by atoms with van der Waals surface area (Å²) < 4.78 is 12.0. The third-order valence-corrected chi connectivity index (χ3v) is 10.8. The van der Waals surface area contributed by atoms with Crippen molar-refractivity contribution in [3.8, 4) is 39.6 Å². The smallest absolute Gasteiger partial charge is 0.326 e. The van der Waals surface area contributed by atoms with E-state index in [2.05, 4.69) is 41.7 Å². The molecule has 63 heavy (non-hydrogen) atoms. The SMILES string of the molecule is C[C@@H]1NC(=O)[C@@H](N(C)C(=O)CNC(=O)c2c(Cl)cc(-c3ccc(C(C)(C)C)cc3)nc2N)c2cc(OCCCN)c(O)c(c2)-c2cc(ccc2OCCCN)C[C@@H](C(=O)O)NC1=O. The molecule has 1 aromatic heterocycles. The number of nitrogens with zero attached hydrogens (tertiary/aromatic N) is 2. The van der Waals surface area contributed by atoms with E-state index in [9.17, 15) is 34.2 Å². The van der Waals surface area contributed by atoms with Crippen LogP contribution >= 0.6 is 11.6 Å². The third-order valence-electron chi connectivity index (χ3n) is 10.5. The second-order valence-corrected chi connectivity index (χ2v) is 16.6. The number of halogens is 1. The van der Waals surface area contributed by atoms with Crippen molar-refractivity contribution in [1.82, 2.24) is 25.8 Å². The zero-order valence-electron chi connectivity index (χ0n) is 35.9. The van der Waals surface area contributed by atoms with Crippen molar-refractivity contribution in [2.75, 3.05) is 45.6 Å². The van der Waals surface area contributed by atoms with Gasteiger partial charge in [-0.3, -0.25) is 19.2 Å². The van der Waals surface area contributed by atoms with E-state index in [-0.39, 0.29) is 76.4 Å². The fourth-order valence-electron chi connectivity index (χ4n) is 6.87. The van der Waals surface area contributed by atoms with Gasteiger partial charge in [0.2, 0.25) is 17.7 Å². The molecular weight excluding hydrogens is 832 g/mol. The molecule has 0 unspecified atom stereocenters. The lowest BCUT2D eigenvalue weighted by molar-refractivity contribution is -0.142. The Morgan fingerprint density at radius 2 is 1.57 bits per heavy atom. The molecule has 17 nitrogen and oxygen atoms in total. The molecule has 4 bridgehead atoms. The van der Waals surface area contributed by atoms with Crippen molar-refractivity contribution in [3.05, 3.63) is 87.9 Å². The predicted molar refractivity (Wildman–Crippen MR) is 238 cm³/mol. The van der Waals surface area contributed by atoms with Crippen molar-refractivity contribution in [3.63, 3.8) is 0 Å². The molecule has 4 amide bonds. The van der Waals surface area contributed by atoms with Crippen LogP contribution in [0.4, 0.5) is 5.82 Å². The quantitative estimate of drug-likeness (QED) is 0.0841. The fourth-order valence-corrected chi connectivity index (χ4v) is 7.16. The number of carboxylic acids is 1. The number of aromatic hydroxyl groups is 1. The highest BCUT2D eigenvalue weighted by Crippen LogP contribution is 2.45. The summed E-state index contributed by atoms with van der Waals surface area (Å²) in [5.74, 6) is -4.84. The number of carboxylic acid groups (broad SMARTS) is 1. The fraction of sp³-hybridized carbons (Fsp3) is 0.378. The monoisotopic (exact) mass is 886 g/mol. The lowest BCUT2D eigenvalue weighted by Gasteiger charge is -2.30. The Kier molecular flexibility index (Phi) is 15.6. The summed E-state index contributed by atoms with van der Waals surface area (Å²) in [4.78, 5) is 73.2. The minimum atomic E-state index is -1.52. The average Bonchev–Trinajstić information content (AvgIpc) is 3.23. The second kappa shape index (κ2) is 20.6. The van der Waals surface area contributed by atoms with Crippen LogP contribution in [0.15, 0.2) is 60.7 Å². The van der Waals surface area contributed by atoms with Crippen LogP contribution in [-0.2, 0) is 31.0 Å². The first-order valence-corrected chi connectivity index (χ1v) is 20.8. The number of amides is 4. The summed E-state index contributed by atoms with van der Waals surface area (Å²) in [6, 6.07) is 12.7. The molecule has 1 aliphatic rings.